The normalized spacial score (nSPS) is 13.3. The standard InChI is InChI=1S/C53H99NO3/c1-3-5-7-9-11-13-15-17-19-21-23-24-25-26-27-28-29-31-32-34-36-38-40-42-44-46-48-52(56)51(50-55)54-53(57)49-47-45-43-41-39-37-35-33-30-22-20-18-16-14-12-10-8-6-4-2/h12,14,18,20,30,33,46,48,51-52,55-56H,3-11,13,15-17,19,21-29,31-32,34-45,47,49-50H2,1-2H3,(H,54,57)/b14-12-,20-18-,33-30-,48-46+. The van der Waals surface area contributed by atoms with Gasteiger partial charge in [0, 0.05) is 6.42 Å². The first-order valence-electron chi connectivity index (χ1n) is 25.4. The largest absolute Gasteiger partial charge is 0.394 e. The zero-order chi connectivity index (χ0) is 41.4. The molecule has 0 radical (unpaired) electrons. The van der Waals surface area contributed by atoms with Gasteiger partial charge in [-0.1, -0.05) is 249 Å². The molecule has 0 aromatic carbocycles. The number of hydrogen-bond donors (Lipinski definition) is 3. The first-order valence-corrected chi connectivity index (χ1v) is 25.4. The van der Waals surface area contributed by atoms with Crippen molar-refractivity contribution >= 4 is 5.91 Å². The number of hydrogen-bond acceptors (Lipinski definition) is 3. The molecule has 0 rings (SSSR count). The Labute approximate surface area is 356 Å². The van der Waals surface area contributed by atoms with Crippen LogP contribution in [0.4, 0.5) is 0 Å². The van der Waals surface area contributed by atoms with Crippen molar-refractivity contribution in [1.29, 1.82) is 0 Å². The average molecular weight is 798 g/mol. The predicted molar refractivity (Wildman–Crippen MR) is 253 cm³/mol. The van der Waals surface area contributed by atoms with Crippen LogP contribution in [0.2, 0.25) is 0 Å². The molecule has 0 saturated carbocycles. The molecular formula is C53H99NO3. The monoisotopic (exact) mass is 798 g/mol. The fourth-order valence-electron chi connectivity index (χ4n) is 7.66. The minimum Gasteiger partial charge on any atom is -0.394 e. The molecule has 0 heterocycles. The van der Waals surface area contributed by atoms with E-state index >= 15 is 0 Å². The van der Waals surface area contributed by atoms with Gasteiger partial charge >= 0.3 is 0 Å². The van der Waals surface area contributed by atoms with Gasteiger partial charge < -0.3 is 15.5 Å². The third kappa shape index (κ3) is 45.3. The lowest BCUT2D eigenvalue weighted by atomic mass is 10.0. The number of carbonyl (C=O) groups excluding carboxylic acids is 1. The zero-order valence-electron chi connectivity index (χ0n) is 38.4. The summed E-state index contributed by atoms with van der Waals surface area (Å²) in [4.78, 5) is 12.4. The van der Waals surface area contributed by atoms with Gasteiger partial charge in [-0.05, 0) is 57.8 Å². The Bertz CT molecular complexity index is 908. The third-order valence-corrected chi connectivity index (χ3v) is 11.6. The maximum absolute atomic E-state index is 12.4. The van der Waals surface area contributed by atoms with E-state index in [1.807, 2.05) is 6.08 Å². The molecule has 0 aromatic rings. The van der Waals surface area contributed by atoms with Crippen molar-refractivity contribution in [3.8, 4) is 0 Å². The van der Waals surface area contributed by atoms with Crippen LogP contribution < -0.4 is 5.32 Å². The van der Waals surface area contributed by atoms with Gasteiger partial charge in [-0.3, -0.25) is 4.79 Å². The first kappa shape index (κ1) is 55.4. The average Bonchev–Trinajstić information content (AvgIpc) is 3.22. The van der Waals surface area contributed by atoms with Crippen LogP contribution in [-0.2, 0) is 4.79 Å². The molecule has 1 amide bonds. The summed E-state index contributed by atoms with van der Waals surface area (Å²) < 4.78 is 0. The number of allylic oxidation sites excluding steroid dienone is 7. The summed E-state index contributed by atoms with van der Waals surface area (Å²) in [5.41, 5.74) is 0. The molecule has 0 fully saturated rings. The van der Waals surface area contributed by atoms with Gasteiger partial charge in [-0.2, -0.15) is 0 Å². The van der Waals surface area contributed by atoms with E-state index in [0.717, 1.165) is 51.4 Å². The van der Waals surface area contributed by atoms with E-state index in [-0.39, 0.29) is 12.5 Å². The molecular weight excluding hydrogens is 699 g/mol. The maximum Gasteiger partial charge on any atom is 0.220 e. The summed E-state index contributed by atoms with van der Waals surface area (Å²) in [5, 5.41) is 23.1. The molecule has 57 heavy (non-hydrogen) atoms. The zero-order valence-corrected chi connectivity index (χ0v) is 38.4. The van der Waals surface area contributed by atoms with Gasteiger partial charge in [0.15, 0.2) is 0 Å². The molecule has 2 unspecified atom stereocenters. The van der Waals surface area contributed by atoms with Crippen LogP contribution in [0.25, 0.3) is 0 Å². The number of nitrogens with one attached hydrogen (secondary N) is 1. The second kappa shape index (κ2) is 48.7. The molecule has 334 valence electrons. The predicted octanol–water partition coefficient (Wildman–Crippen LogP) is 16.3. The van der Waals surface area contributed by atoms with Crippen LogP contribution in [0.5, 0.6) is 0 Å². The molecule has 3 N–H and O–H groups in total. The maximum atomic E-state index is 12.4. The summed E-state index contributed by atoms with van der Waals surface area (Å²) in [6, 6.07) is -0.631. The molecule has 0 aliphatic rings. The van der Waals surface area contributed by atoms with Crippen molar-refractivity contribution in [3.63, 3.8) is 0 Å². The molecule has 0 spiro atoms. The van der Waals surface area contributed by atoms with Gasteiger partial charge in [0.25, 0.3) is 0 Å². The number of unbranched alkanes of at least 4 members (excludes halogenated alkanes) is 33. The van der Waals surface area contributed by atoms with Crippen LogP contribution in [0.1, 0.15) is 264 Å². The minimum absolute atomic E-state index is 0.0753. The molecule has 0 aromatic heterocycles. The van der Waals surface area contributed by atoms with Crippen LogP contribution in [0, 0.1) is 0 Å². The number of rotatable bonds is 46. The summed E-state index contributed by atoms with van der Waals surface area (Å²) in [7, 11) is 0. The lowest BCUT2D eigenvalue weighted by molar-refractivity contribution is -0.123. The van der Waals surface area contributed by atoms with E-state index in [1.165, 1.54) is 193 Å². The SMILES string of the molecule is CCCCC/C=C\C/C=C\C/C=C\CCCCCCCCC(=O)NC(CO)C(O)/C=C/CCCCCCCCCCCCCCCCCCCCCCCCCC. The quantitative estimate of drug-likeness (QED) is 0.0424. The minimum atomic E-state index is -0.847. The summed E-state index contributed by atoms with van der Waals surface area (Å²) in [5.74, 6) is -0.0753. The lowest BCUT2D eigenvalue weighted by Crippen LogP contribution is -2.45. The van der Waals surface area contributed by atoms with Gasteiger partial charge in [0.05, 0.1) is 18.8 Å². The number of aliphatic hydroxyl groups excluding tert-OH is 2. The molecule has 4 heteroatoms. The van der Waals surface area contributed by atoms with Crippen molar-refractivity contribution in [2.45, 2.75) is 276 Å². The van der Waals surface area contributed by atoms with Crippen molar-refractivity contribution in [2.75, 3.05) is 6.61 Å². The highest BCUT2D eigenvalue weighted by atomic mass is 16.3. The highest BCUT2D eigenvalue weighted by Gasteiger charge is 2.18. The second-order valence-corrected chi connectivity index (χ2v) is 17.2. The summed E-state index contributed by atoms with van der Waals surface area (Å²) >= 11 is 0. The van der Waals surface area contributed by atoms with Crippen LogP contribution in [0.15, 0.2) is 48.6 Å². The summed E-state index contributed by atoms with van der Waals surface area (Å²) in [6.07, 6.45) is 66.7. The number of amides is 1. The van der Waals surface area contributed by atoms with E-state index < -0.39 is 12.1 Å². The number of carbonyl (C=O) groups is 1. The van der Waals surface area contributed by atoms with E-state index in [9.17, 15) is 15.0 Å². The molecule has 0 aliphatic carbocycles. The van der Waals surface area contributed by atoms with E-state index in [0.29, 0.717) is 6.42 Å². The third-order valence-electron chi connectivity index (χ3n) is 11.6. The van der Waals surface area contributed by atoms with Gasteiger partial charge in [0.2, 0.25) is 5.91 Å². The summed E-state index contributed by atoms with van der Waals surface area (Å²) in [6.45, 7) is 4.29. The van der Waals surface area contributed by atoms with E-state index in [2.05, 4.69) is 55.6 Å². The topological polar surface area (TPSA) is 69.6 Å². The van der Waals surface area contributed by atoms with Crippen LogP contribution >= 0.6 is 0 Å². The van der Waals surface area contributed by atoms with Crippen LogP contribution in [0.3, 0.4) is 0 Å². The highest BCUT2D eigenvalue weighted by Crippen LogP contribution is 2.16. The van der Waals surface area contributed by atoms with E-state index in [1.54, 1.807) is 6.08 Å². The Kier molecular flexibility index (Phi) is 47.3. The Morgan fingerprint density at radius 3 is 1.11 bits per heavy atom. The Balaban J connectivity index is 3.54. The lowest BCUT2D eigenvalue weighted by Gasteiger charge is -2.20. The molecule has 0 bridgehead atoms. The molecule has 4 nitrogen and oxygen atoms in total. The van der Waals surface area contributed by atoms with Crippen molar-refractivity contribution < 1.29 is 15.0 Å². The fourth-order valence-corrected chi connectivity index (χ4v) is 7.66. The number of aliphatic hydroxyl groups is 2. The van der Waals surface area contributed by atoms with Gasteiger partial charge in [-0.15, -0.1) is 0 Å². The Morgan fingerprint density at radius 1 is 0.421 bits per heavy atom. The molecule has 0 saturated heterocycles. The molecule has 2 atom stereocenters. The van der Waals surface area contributed by atoms with Crippen molar-refractivity contribution in [1.82, 2.24) is 5.32 Å². The van der Waals surface area contributed by atoms with Crippen LogP contribution in [-0.4, -0.2) is 34.9 Å². The Hall–Kier alpha value is -1.65. The second-order valence-electron chi connectivity index (χ2n) is 17.2. The Morgan fingerprint density at radius 2 is 0.719 bits per heavy atom. The van der Waals surface area contributed by atoms with Crippen molar-refractivity contribution in [3.05, 3.63) is 48.6 Å². The highest BCUT2D eigenvalue weighted by molar-refractivity contribution is 5.76. The van der Waals surface area contributed by atoms with E-state index in [4.69, 9.17) is 0 Å². The van der Waals surface area contributed by atoms with Crippen molar-refractivity contribution in [2.24, 2.45) is 0 Å². The molecule has 0 aliphatic heterocycles. The smallest absolute Gasteiger partial charge is 0.220 e. The first-order chi connectivity index (χ1) is 28.2. The van der Waals surface area contributed by atoms with Gasteiger partial charge in [-0.25, -0.2) is 0 Å². The van der Waals surface area contributed by atoms with Gasteiger partial charge in [0.1, 0.15) is 0 Å². The fraction of sp³-hybridized carbons (Fsp3) is 0.830.